The van der Waals surface area contributed by atoms with Crippen molar-refractivity contribution < 1.29 is 18.9 Å². The molecule has 8 heteroatoms. The van der Waals surface area contributed by atoms with E-state index in [-0.39, 0.29) is 24.1 Å². The molecule has 0 spiro atoms. The van der Waals surface area contributed by atoms with Gasteiger partial charge in [0.05, 0.1) is 6.54 Å². The van der Waals surface area contributed by atoms with Gasteiger partial charge in [0, 0.05) is 37.7 Å². The number of nitrogens with zero attached hydrogens (tertiary/aromatic N) is 2. The van der Waals surface area contributed by atoms with Crippen LogP contribution in [-0.4, -0.2) is 54.0 Å². The van der Waals surface area contributed by atoms with Crippen LogP contribution in [0.25, 0.3) is 11.3 Å². The second-order valence-electron chi connectivity index (χ2n) is 6.67. The van der Waals surface area contributed by atoms with Crippen LogP contribution in [0.3, 0.4) is 0 Å². The predicted octanol–water partition coefficient (Wildman–Crippen LogP) is 1.59. The summed E-state index contributed by atoms with van der Waals surface area (Å²) in [5.74, 6) is -0.177. The molecule has 0 aliphatic carbocycles. The van der Waals surface area contributed by atoms with Crippen LogP contribution in [0.15, 0.2) is 40.9 Å². The summed E-state index contributed by atoms with van der Waals surface area (Å²) in [7, 11) is 0. The lowest BCUT2D eigenvalue weighted by Crippen LogP contribution is -2.42. The fourth-order valence-electron chi connectivity index (χ4n) is 3.04. The summed E-state index contributed by atoms with van der Waals surface area (Å²) in [5, 5.41) is 8.98. The summed E-state index contributed by atoms with van der Waals surface area (Å²) in [5.41, 5.74) is 0.927. The Labute approximate surface area is 163 Å². The van der Waals surface area contributed by atoms with Crippen molar-refractivity contribution in [1.82, 2.24) is 20.7 Å². The molecule has 1 saturated heterocycles. The highest BCUT2D eigenvalue weighted by molar-refractivity contribution is 5.95. The summed E-state index contributed by atoms with van der Waals surface area (Å²) in [6, 6.07) is 10.8. The third-order valence-electron chi connectivity index (χ3n) is 4.59. The molecule has 1 aromatic heterocycles. The molecule has 1 aliphatic rings. The maximum atomic E-state index is 12.1. The molecule has 1 aromatic carbocycles. The topological polar surface area (TPSA) is 105 Å². The van der Waals surface area contributed by atoms with Crippen LogP contribution in [0, 0.1) is 0 Å². The smallest absolute Gasteiger partial charge is 0.273 e. The number of aromatic nitrogens is 1. The maximum absolute atomic E-state index is 12.1. The molecule has 3 rings (SSSR count). The fraction of sp³-hybridized carbons (Fsp3) is 0.400. The van der Waals surface area contributed by atoms with Crippen molar-refractivity contribution in [2.24, 2.45) is 0 Å². The van der Waals surface area contributed by atoms with Gasteiger partial charge in [-0.25, -0.2) is 0 Å². The van der Waals surface area contributed by atoms with Gasteiger partial charge in [-0.3, -0.25) is 14.4 Å². The van der Waals surface area contributed by atoms with Crippen LogP contribution < -0.4 is 10.6 Å². The zero-order valence-electron chi connectivity index (χ0n) is 15.6. The van der Waals surface area contributed by atoms with Gasteiger partial charge in [-0.1, -0.05) is 41.9 Å². The van der Waals surface area contributed by atoms with E-state index in [0.717, 1.165) is 31.4 Å². The number of nitrogens with one attached hydrogen (secondary N) is 2. The molecule has 3 amide bonds. The molecule has 148 valence electrons. The Morgan fingerprint density at radius 2 is 1.93 bits per heavy atom. The van der Waals surface area contributed by atoms with E-state index in [1.165, 1.54) is 6.07 Å². The van der Waals surface area contributed by atoms with Crippen LogP contribution in [0.1, 0.15) is 36.2 Å². The van der Waals surface area contributed by atoms with Crippen molar-refractivity contribution in [3.05, 3.63) is 42.1 Å². The number of amides is 3. The minimum atomic E-state index is -0.483. The van der Waals surface area contributed by atoms with Crippen LogP contribution in [0.5, 0.6) is 0 Å². The largest absolute Gasteiger partial charge is 0.355 e. The van der Waals surface area contributed by atoms with Crippen molar-refractivity contribution in [2.75, 3.05) is 26.2 Å². The molecule has 1 aliphatic heterocycles. The molecular formula is C20H24N4O4. The van der Waals surface area contributed by atoms with Gasteiger partial charge in [0.15, 0.2) is 11.5 Å². The number of benzene rings is 1. The Morgan fingerprint density at radius 3 is 2.75 bits per heavy atom. The monoisotopic (exact) mass is 384 g/mol. The molecule has 2 aromatic rings. The van der Waals surface area contributed by atoms with E-state index < -0.39 is 5.91 Å². The van der Waals surface area contributed by atoms with Gasteiger partial charge >= 0.3 is 0 Å². The molecule has 0 atom stereocenters. The van der Waals surface area contributed by atoms with Gasteiger partial charge in [-0.05, 0) is 12.8 Å². The van der Waals surface area contributed by atoms with E-state index in [2.05, 4.69) is 15.8 Å². The highest BCUT2D eigenvalue weighted by Crippen LogP contribution is 2.19. The maximum Gasteiger partial charge on any atom is 0.273 e. The lowest BCUT2D eigenvalue weighted by molar-refractivity contribution is -0.131. The van der Waals surface area contributed by atoms with Crippen LogP contribution in [-0.2, 0) is 9.59 Å². The Morgan fingerprint density at radius 1 is 1.11 bits per heavy atom. The average Bonchev–Trinajstić information content (AvgIpc) is 3.12. The van der Waals surface area contributed by atoms with Gasteiger partial charge in [-0.15, -0.1) is 0 Å². The number of likely N-dealkylation sites (tertiary alicyclic amines) is 1. The molecule has 1 fully saturated rings. The van der Waals surface area contributed by atoms with Crippen molar-refractivity contribution in [3.63, 3.8) is 0 Å². The lowest BCUT2D eigenvalue weighted by atomic mass is 10.1. The zero-order valence-corrected chi connectivity index (χ0v) is 15.6. The molecule has 0 radical (unpaired) electrons. The zero-order chi connectivity index (χ0) is 19.8. The molecule has 28 heavy (non-hydrogen) atoms. The van der Waals surface area contributed by atoms with Gasteiger partial charge in [-0.2, -0.15) is 0 Å². The molecule has 0 bridgehead atoms. The molecule has 8 nitrogen and oxygen atoms in total. The van der Waals surface area contributed by atoms with E-state index >= 15 is 0 Å². The second-order valence-corrected chi connectivity index (χ2v) is 6.67. The van der Waals surface area contributed by atoms with Crippen LogP contribution in [0.2, 0.25) is 0 Å². The Hall–Kier alpha value is -3.16. The van der Waals surface area contributed by atoms with E-state index in [4.69, 9.17) is 4.52 Å². The number of carbonyl (C=O) groups excluding carboxylic acids is 3. The number of hydrogen-bond donors (Lipinski definition) is 2. The molecule has 2 heterocycles. The van der Waals surface area contributed by atoms with Crippen molar-refractivity contribution in [3.8, 4) is 11.3 Å². The number of rotatable bonds is 7. The van der Waals surface area contributed by atoms with Gasteiger partial charge in [0.25, 0.3) is 5.91 Å². The van der Waals surface area contributed by atoms with Gasteiger partial charge in [0.1, 0.15) is 0 Å². The summed E-state index contributed by atoms with van der Waals surface area (Å²) >= 11 is 0. The first-order valence-corrected chi connectivity index (χ1v) is 9.48. The van der Waals surface area contributed by atoms with E-state index in [9.17, 15) is 14.4 Å². The third kappa shape index (κ3) is 5.42. The molecule has 2 N–H and O–H groups in total. The SMILES string of the molecule is O=C(CNC(=O)c1cc(-c2ccccc2)on1)NCCN1CCCCCC1=O. The minimum Gasteiger partial charge on any atom is -0.355 e. The highest BCUT2D eigenvalue weighted by atomic mass is 16.5. The third-order valence-corrected chi connectivity index (χ3v) is 4.59. The van der Waals surface area contributed by atoms with Gasteiger partial charge < -0.3 is 20.1 Å². The summed E-state index contributed by atoms with van der Waals surface area (Å²) in [6.45, 7) is 1.42. The molecule has 0 unspecified atom stereocenters. The average molecular weight is 384 g/mol. The first kappa shape index (κ1) is 19.6. The first-order chi connectivity index (χ1) is 13.6. The normalized spacial score (nSPS) is 14.4. The summed E-state index contributed by atoms with van der Waals surface area (Å²) in [4.78, 5) is 37.7. The van der Waals surface area contributed by atoms with E-state index in [0.29, 0.717) is 25.3 Å². The van der Waals surface area contributed by atoms with Crippen molar-refractivity contribution in [2.45, 2.75) is 25.7 Å². The van der Waals surface area contributed by atoms with Crippen molar-refractivity contribution in [1.29, 1.82) is 0 Å². The fourth-order valence-corrected chi connectivity index (χ4v) is 3.04. The number of hydrogen-bond acceptors (Lipinski definition) is 5. The molecule has 0 saturated carbocycles. The highest BCUT2D eigenvalue weighted by Gasteiger charge is 2.17. The summed E-state index contributed by atoms with van der Waals surface area (Å²) in [6.07, 6.45) is 3.57. The Balaban J connectivity index is 1.40. The van der Waals surface area contributed by atoms with Crippen molar-refractivity contribution >= 4 is 17.7 Å². The molecular weight excluding hydrogens is 360 g/mol. The minimum absolute atomic E-state index is 0.113. The second kappa shape index (κ2) is 9.68. The standard InChI is InChI=1S/C20H24N4O4/c25-18(21-10-12-24-11-6-2-5-9-19(24)26)14-22-20(27)16-13-17(28-23-16)15-7-3-1-4-8-15/h1,3-4,7-8,13H,2,5-6,9-12,14H2,(H,21,25)(H,22,27). The quantitative estimate of drug-likeness (QED) is 0.754. The van der Waals surface area contributed by atoms with Crippen LogP contribution >= 0.6 is 0 Å². The Kier molecular flexibility index (Phi) is 6.78. The first-order valence-electron chi connectivity index (χ1n) is 9.48. The Bertz CT molecular complexity index is 819. The van der Waals surface area contributed by atoms with Crippen LogP contribution in [0.4, 0.5) is 0 Å². The number of carbonyl (C=O) groups is 3. The van der Waals surface area contributed by atoms with E-state index in [1.54, 1.807) is 4.90 Å². The summed E-state index contributed by atoms with van der Waals surface area (Å²) < 4.78 is 5.18. The van der Waals surface area contributed by atoms with E-state index in [1.807, 2.05) is 30.3 Å². The predicted molar refractivity (Wildman–Crippen MR) is 102 cm³/mol. The lowest BCUT2D eigenvalue weighted by Gasteiger charge is -2.20. The van der Waals surface area contributed by atoms with Gasteiger partial charge in [0.2, 0.25) is 11.8 Å².